The molecule has 0 saturated heterocycles. The maximum Gasteiger partial charge on any atom is 0.0518 e. The standard InChI is InChI=1S/C17H28BrNO/c1-13(2)11-19-12-16(9-10-20-14(3)4)15-5-7-17(18)8-6-15/h5-8,13-14,16,19H,9-12H2,1-4H3. The van der Waals surface area contributed by atoms with E-state index in [1.165, 1.54) is 5.56 Å². The Morgan fingerprint density at radius 2 is 1.70 bits per heavy atom. The van der Waals surface area contributed by atoms with Crippen LogP contribution < -0.4 is 5.32 Å². The van der Waals surface area contributed by atoms with Gasteiger partial charge in [0.05, 0.1) is 6.10 Å². The van der Waals surface area contributed by atoms with Crippen molar-refractivity contribution in [1.82, 2.24) is 5.32 Å². The molecule has 0 aliphatic carbocycles. The summed E-state index contributed by atoms with van der Waals surface area (Å²) in [7, 11) is 0. The molecule has 114 valence electrons. The summed E-state index contributed by atoms with van der Waals surface area (Å²) in [6, 6.07) is 8.66. The summed E-state index contributed by atoms with van der Waals surface area (Å²) in [6.45, 7) is 11.6. The van der Waals surface area contributed by atoms with Gasteiger partial charge >= 0.3 is 0 Å². The van der Waals surface area contributed by atoms with E-state index in [4.69, 9.17) is 4.74 Å². The average Bonchev–Trinajstić information content (AvgIpc) is 2.37. The predicted molar refractivity (Wildman–Crippen MR) is 90.3 cm³/mol. The maximum absolute atomic E-state index is 5.71. The molecule has 0 fully saturated rings. The number of halogens is 1. The molecule has 0 spiro atoms. The summed E-state index contributed by atoms with van der Waals surface area (Å²) in [4.78, 5) is 0. The Balaban J connectivity index is 2.55. The maximum atomic E-state index is 5.71. The van der Waals surface area contributed by atoms with E-state index in [-0.39, 0.29) is 0 Å². The zero-order chi connectivity index (χ0) is 15.0. The zero-order valence-electron chi connectivity index (χ0n) is 13.2. The van der Waals surface area contributed by atoms with Crippen LogP contribution in [0.3, 0.4) is 0 Å². The molecule has 1 unspecified atom stereocenters. The molecule has 2 nitrogen and oxygen atoms in total. The summed E-state index contributed by atoms with van der Waals surface area (Å²) in [5, 5.41) is 3.57. The minimum absolute atomic E-state index is 0.309. The minimum Gasteiger partial charge on any atom is -0.379 e. The second kappa shape index (κ2) is 9.54. The third-order valence-corrected chi connectivity index (χ3v) is 3.73. The van der Waals surface area contributed by atoms with E-state index in [1.807, 2.05) is 0 Å². The number of benzene rings is 1. The summed E-state index contributed by atoms with van der Waals surface area (Å²) >= 11 is 3.50. The molecule has 20 heavy (non-hydrogen) atoms. The number of hydrogen-bond donors (Lipinski definition) is 1. The second-order valence-electron chi connectivity index (χ2n) is 6.01. The Kier molecular flexibility index (Phi) is 8.43. The monoisotopic (exact) mass is 341 g/mol. The van der Waals surface area contributed by atoms with Gasteiger partial charge in [0.2, 0.25) is 0 Å². The molecule has 1 aromatic carbocycles. The normalized spacial score (nSPS) is 13.2. The Labute approximate surface area is 132 Å². The first-order valence-electron chi connectivity index (χ1n) is 7.56. The third kappa shape index (κ3) is 7.41. The Bertz CT molecular complexity index is 348. The first-order valence-corrected chi connectivity index (χ1v) is 8.36. The summed E-state index contributed by atoms with van der Waals surface area (Å²) < 4.78 is 6.84. The van der Waals surface area contributed by atoms with Crippen LogP contribution in [-0.2, 0) is 4.74 Å². The van der Waals surface area contributed by atoms with E-state index in [9.17, 15) is 0 Å². The van der Waals surface area contributed by atoms with Crippen LogP contribution in [-0.4, -0.2) is 25.8 Å². The van der Waals surface area contributed by atoms with Crippen molar-refractivity contribution in [1.29, 1.82) is 0 Å². The van der Waals surface area contributed by atoms with Gasteiger partial charge in [-0.1, -0.05) is 41.9 Å². The summed E-state index contributed by atoms with van der Waals surface area (Å²) in [6.07, 6.45) is 1.37. The van der Waals surface area contributed by atoms with Crippen LogP contribution in [0, 0.1) is 5.92 Å². The summed E-state index contributed by atoms with van der Waals surface area (Å²) in [5.41, 5.74) is 1.39. The Morgan fingerprint density at radius 3 is 2.25 bits per heavy atom. The lowest BCUT2D eigenvalue weighted by atomic mass is 9.96. The lowest BCUT2D eigenvalue weighted by Crippen LogP contribution is -2.26. The molecule has 0 saturated carbocycles. The van der Waals surface area contributed by atoms with E-state index in [1.54, 1.807) is 0 Å². The molecule has 1 atom stereocenters. The molecule has 1 rings (SSSR count). The minimum atomic E-state index is 0.309. The fourth-order valence-corrected chi connectivity index (χ4v) is 2.38. The number of ether oxygens (including phenoxy) is 1. The van der Waals surface area contributed by atoms with E-state index in [0.29, 0.717) is 17.9 Å². The number of nitrogens with one attached hydrogen (secondary N) is 1. The molecule has 1 aromatic rings. The highest BCUT2D eigenvalue weighted by Gasteiger charge is 2.12. The largest absolute Gasteiger partial charge is 0.379 e. The summed E-state index contributed by atoms with van der Waals surface area (Å²) in [5.74, 6) is 1.20. The average molecular weight is 342 g/mol. The molecule has 0 amide bonds. The van der Waals surface area contributed by atoms with Crippen LogP contribution in [0.4, 0.5) is 0 Å². The molecular weight excluding hydrogens is 314 g/mol. The topological polar surface area (TPSA) is 21.3 Å². The molecular formula is C17H28BrNO. The zero-order valence-corrected chi connectivity index (χ0v) is 14.7. The van der Waals surface area contributed by atoms with Gasteiger partial charge in [0, 0.05) is 17.6 Å². The molecule has 0 aliphatic rings. The van der Waals surface area contributed by atoms with Crippen LogP contribution >= 0.6 is 15.9 Å². The van der Waals surface area contributed by atoms with E-state index in [2.05, 4.69) is 73.2 Å². The van der Waals surface area contributed by atoms with Gasteiger partial charge in [-0.05, 0) is 56.3 Å². The molecule has 0 aliphatic heterocycles. The molecule has 0 bridgehead atoms. The van der Waals surface area contributed by atoms with Gasteiger partial charge in [0.1, 0.15) is 0 Å². The molecule has 0 heterocycles. The third-order valence-electron chi connectivity index (χ3n) is 3.20. The van der Waals surface area contributed by atoms with Crippen molar-refractivity contribution in [3.63, 3.8) is 0 Å². The smallest absolute Gasteiger partial charge is 0.0518 e. The van der Waals surface area contributed by atoms with Gasteiger partial charge in [0.25, 0.3) is 0 Å². The van der Waals surface area contributed by atoms with Crippen LogP contribution in [0.15, 0.2) is 28.7 Å². The second-order valence-corrected chi connectivity index (χ2v) is 6.92. The lowest BCUT2D eigenvalue weighted by molar-refractivity contribution is 0.0732. The molecule has 0 radical (unpaired) electrons. The molecule has 0 aromatic heterocycles. The fourth-order valence-electron chi connectivity index (χ4n) is 2.11. The predicted octanol–water partition coefficient (Wildman–Crippen LogP) is 4.59. The Morgan fingerprint density at radius 1 is 1.05 bits per heavy atom. The van der Waals surface area contributed by atoms with Gasteiger partial charge in [-0.2, -0.15) is 0 Å². The van der Waals surface area contributed by atoms with Crippen molar-refractivity contribution in [2.75, 3.05) is 19.7 Å². The van der Waals surface area contributed by atoms with Crippen LogP contribution in [0.1, 0.15) is 45.6 Å². The quantitative estimate of drug-likeness (QED) is 0.708. The molecule has 1 N–H and O–H groups in total. The number of rotatable bonds is 9. The first-order chi connectivity index (χ1) is 9.49. The lowest BCUT2D eigenvalue weighted by Gasteiger charge is -2.20. The van der Waals surface area contributed by atoms with Crippen LogP contribution in [0.25, 0.3) is 0 Å². The Hall–Kier alpha value is -0.380. The highest BCUT2D eigenvalue weighted by molar-refractivity contribution is 9.10. The van der Waals surface area contributed by atoms with E-state index >= 15 is 0 Å². The SMILES string of the molecule is CC(C)CNCC(CCOC(C)C)c1ccc(Br)cc1. The van der Waals surface area contributed by atoms with Crippen molar-refractivity contribution < 1.29 is 4.74 Å². The van der Waals surface area contributed by atoms with Gasteiger partial charge in [-0.25, -0.2) is 0 Å². The van der Waals surface area contributed by atoms with Crippen molar-refractivity contribution in [3.05, 3.63) is 34.3 Å². The van der Waals surface area contributed by atoms with Gasteiger partial charge in [-0.15, -0.1) is 0 Å². The van der Waals surface area contributed by atoms with E-state index in [0.717, 1.165) is 30.6 Å². The van der Waals surface area contributed by atoms with Crippen molar-refractivity contribution in [2.45, 2.75) is 46.1 Å². The van der Waals surface area contributed by atoms with Gasteiger partial charge in [0.15, 0.2) is 0 Å². The highest BCUT2D eigenvalue weighted by Crippen LogP contribution is 2.21. The highest BCUT2D eigenvalue weighted by atomic mass is 79.9. The van der Waals surface area contributed by atoms with Crippen LogP contribution in [0.2, 0.25) is 0 Å². The van der Waals surface area contributed by atoms with Gasteiger partial charge < -0.3 is 10.1 Å². The van der Waals surface area contributed by atoms with Gasteiger partial charge in [-0.3, -0.25) is 0 Å². The fraction of sp³-hybridized carbons (Fsp3) is 0.647. The van der Waals surface area contributed by atoms with Crippen LogP contribution in [0.5, 0.6) is 0 Å². The number of hydrogen-bond acceptors (Lipinski definition) is 2. The van der Waals surface area contributed by atoms with Crippen molar-refractivity contribution in [3.8, 4) is 0 Å². The molecule has 3 heteroatoms. The van der Waals surface area contributed by atoms with Crippen molar-refractivity contribution >= 4 is 15.9 Å². The van der Waals surface area contributed by atoms with Crippen molar-refractivity contribution in [2.24, 2.45) is 5.92 Å². The first kappa shape index (κ1) is 17.7. The van der Waals surface area contributed by atoms with E-state index < -0.39 is 0 Å².